The van der Waals surface area contributed by atoms with Crippen molar-refractivity contribution < 1.29 is 19.4 Å². The molecule has 1 aromatic carbocycles. The van der Waals surface area contributed by atoms with Crippen LogP contribution in [0.2, 0.25) is 0 Å². The first-order valence-electron chi connectivity index (χ1n) is 8.71. The molecule has 1 unspecified atom stereocenters. The van der Waals surface area contributed by atoms with E-state index >= 15 is 0 Å². The number of carbonyl (C=O) groups is 2. The second-order valence-corrected chi connectivity index (χ2v) is 6.65. The molecule has 132 valence electrons. The number of piperidine rings is 1. The zero-order valence-electron chi connectivity index (χ0n) is 14.7. The number of hydrogen-bond acceptors (Lipinski definition) is 3. The van der Waals surface area contributed by atoms with Gasteiger partial charge in [0.1, 0.15) is 5.75 Å². The first-order chi connectivity index (χ1) is 11.4. The molecule has 0 aliphatic carbocycles. The standard InChI is InChI=1S/C19H27NO4/c1-4-16(24-17-8-6-5-7-15(17)13(2)3)18(21)20-11-9-14(10-12-20)19(22)23/h5-8,13-14,16H,4,9-12H2,1-3H3,(H,22,23). The van der Waals surface area contributed by atoms with Crippen molar-refractivity contribution in [2.45, 2.75) is 52.1 Å². The lowest BCUT2D eigenvalue weighted by molar-refractivity contribution is -0.147. The number of aliphatic carboxylic acids is 1. The van der Waals surface area contributed by atoms with Crippen LogP contribution in [-0.4, -0.2) is 41.1 Å². The summed E-state index contributed by atoms with van der Waals surface area (Å²) in [4.78, 5) is 25.5. The highest BCUT2D eigenvalue weighted by Gasteiger charge is 2.31. The van der Waals surface area contributed by atoms with Crippen LogP contribution in [0.3, 0.4) is 0 Å². The predicted molar refractivity (Wildman–Crippen MR) is 92.2 cm³/mol. The largest absolute Gasteiger partial charge is 0.481 e. The van der Waals surface area contributed by atoms with Crippen molar-refractivity contribution in [2.24, 2.45) is 5.92 Å². The number of benzene rings is 1. The Kier molecular flexibility index (Phi) is 6.23. The van der Waals surface area contributed by atoms with E-state index in [1.165, 1.54) is 0 Å². The van der Waals surface area contributed by atoms with Crippen molar-refractivity contribution in [1.82, 2.24) is 4.90 Å². The lowest BCUT2D eigenvalue weighted by atomic mass is 9.96. The van der Waals surface area contributed by atoms with Gasteiger partial charge in [0.15, 0.2) is 6.10 Å². The Morgan fingerprint density at radius 3 is 2.42 bits per heavy atom. The van der Waals surface area contributed by atoms with Gasteiger partial charge < -0.3 is 14.7 Å². The molecule has 2 rings (SSSR count). The summed E-state index contributed by atoms with van der Waals surface area (Å²) in [6.45, 7) is 7.11. The fraction of sp³-hybridized carbons (Fsp3) is 0.579. The second-order valence-electron chi connectivity index (χ2n) is 6.65. The molecule has 0 aromatic heterocycles. The number of rotatable bonds is 6. The van der Waals surface area contributed by atoms with Crippen LogP contribution in [0.15, 0.2) is 24.3 Å². The minimum Gasteiger partial charge on any atom is -0.481 e. The van der Waals surface area contributed by atoms with Gasteiger partial charge in [-0.3, -0.25) is 9.59 Å². The van der Waals surface area contributed by atoms with Crippen LogP contribution in [0.25, 0.3) is 0 Å². The molecule has 0 bridgehead atoms. The molecule has 0 saturated carbocycles. The number of nitrogens with zero attached hydrogens (tertiary/aromatic N) is 1. The van der Waals surface area contributed by atoms with Gasteiger partial charge in [-0.25, -0.2) is 0 Å². The number of likely N-dealkylation sites (tertiary alicyclic amines) is 1. The third kappa shape index (κ3) is 4.28. The molecule has 1 N–H and O–H groups in total. The predicted octanol–water partition coefficient (Wildman–Crippen LogP) is 3.29. The number of ether oxygens (including phenoxy) is 1. The van der Waals surface area contributed by atoms with Gasteiger partial charge in [-0.15, -0.1) is 0 Å². The fourth-order valence-electron chi connectivity index (χ4n) is 3.08. The Morgan fingerprint density at radius 1 is 1.25 bits per heavy atom. The Morgan fingerprint density at radius 2 is 1.88 bits per heavy atom. The summed E-state index contributed by atoms with van der Waals surface area (Å²) in [5.41, 5.74) is 1.09. The maximum atomic E-state index is 12.7. The summed E-state index contributed by atoms with van der Waals surface area (Å²) >= 11 is 0. The van der Waals surface area contributed by atoms with Gasteiger partial charge in [-0.1, -0.05) is 39.0 Å². The molecule has 1 aliphatic rings. The average molecular weight is 333 g/mol. The highest BCUT2D eigenvalue weighted by Crippen LogP contribution is 2.28. The van der Waals surface area contributed by atoms with E-state index in [9.17, 15) is 9.59 Å². The van der Waals surface area contributed by atoms with E-state index in [4.69, 9.17) is 9.84 Å². The lowest BCUT2D eigenvalue weighted by Crippen LogP contribution is -2.46. The average Bonchev–Trinajstić information content (AvgIpc) is 2.59. The van der Waals surface area contributed by atoms with Crippen LogP contribution >= 0.6 is 0 Å². The normalized spacial score (nSPS) is 16.9. The highest BCUT2D eigenvalue weighted by molar-refractivity contribution is 5.81. The Labute approximate surface area is 143 Å². The zero-order valence-corrected chi connectivity index (χ0v) is 14.7. The van der Waals surface area contributed by atoms with Gasteiger partial charge in [0.05, 0.1) is 5.92 Å². The number of amides is 1. The number of carbonyl (C=O) groups excluding carboxylic acids is 1. The summed E-state index contributed by atoms with van der Waals surface area (Å²) in [6, 6.07) is 7.82. The number of carboxylic acids is 1. The second kappa shape index (κ2) is 8.18. The Balaban J connectivity index is 2.04. The maximum Gasteiger partial charge on any atom is 0.306 e. The molecule has 24 heavy (non-hydrogen) atoms. The molecule has 1 aliphatic heterocycles. The molecule has 5 nitrogen and oxygen atoms in total. The van der Waals surface area contributed by atoms with Crippen LogP contribution in [0.4, 0.5) is 0 Å². The quantitative estimate of drug-likeness (QED) is 0.867. The van der Waals surface area contributed by atoms with Crippen LogP contribution in [0, 0.1) is 5.92 Å². The minimum absolute atomic E-state index is 0.0418. The minimum atomic E-state index is -0.767. The lowest BCUT2D eigenvalue weighted by Gasteiger charge is -2.33. The van der Waals surface area contributed by atoms with Crippen molar-refractivity contribution in [3.05, 3.63) is 29.8 Å². The molecular formula is C19H27NO4. The summed E-state index contributed by atoms with van der Waals surface area (Å²) in [5.74, 6) is -0.0684. The van der Waals surface area contributed by atoms with Crippen LogP contribution in [-0.2, 0) is 9.59 Å². The molecule has 1 amide bonds. The van der Waals surface area contributed by atoms with Gasteiger partial charge in [-0.2, -0.15) is 0 Å². The zero-order chi connectivity index (χ0) is 17.7. The van der Waals surface area contributed by atoms with Crippen LogP contribution in [0.5, 0.6) is 5.75 Å². The fourth-order valence-corrected chi connectivity index (χ4v) is 3.08. The first kappa shape index (κ1) is 18.3. The molecule has 1 aromatic rings. The van der Waals surface area contributed by atoms with E-state index < -0.39 is 12.1 Å². The van der Waals surface area contributed by atoms with Crippen molar-refractivity contribution in [2.75, 3.05) is 13.1 Å². The van der Waals surface area contributed by atoms with Crippen molar-refractivity contribution in [3.8, 4) is 5.75 Å². The molecule has 1 fully saturated rings. The Hall–Kier alpha value is -2.04. The summed E-state index contributed by atoms with van der Waals surface area (Å²) in [5, 5.41) is 9.07. The number of carboxylic acid groups (broad SMARTS) is 1. The van der Waals surface area contributed by atoms with Gasteiger partial charge in [-0.05, 0) is 36.8 Å². The topological polar surface area (TPSA) is 66.8 Å². The van der Waals surface area contributed by atoms with E-state index in [1.54, 1.807) is 4.90 Å². The molecule has 1 saturated heterocycles. The third-order valence-electron chi connectivity index (χ3n) is 4.61. The van der Waals surface area contributed by atoms with Crippen molar-refractivity contribution in [1.29, 1.82) is 0 Å². The van der Waals surface area contributed by atoms with Crippen molar-refractivity contribution >= 4 is 11.9 Å². The maximum absolute atomic E-state index is 12.7. The smallest absolute Gasteiger partial charge is 0.306 e. The van der Waals surface area contributed by atoms with Crippen LogP contribution < -0.4 is 4.74 Å². The summed E-state index contributed by atoms with van der Waals surface area (Å²) < 4.78 is 6.04. The summed E-state index contributed by atoms with van der Waals surface area (Å²) in [7, 11) is 0. The molecular weight excluding hydrogens is 306 g/mol. The van der Waals surface area contributed by atoms with Crippen LogP contribution in [0.1, 0.15) is 51.5 Å². The van der Waals surface area contributed by atoms with E-state index in [1.807, 2.05) is 31.2 Å². The van der Waals surface area contributed by atoms with Gasteiger partial charge >= 0.3 is 5.97 Å². The van der Waals surface area contributed by atoms with Gasteiger partial charge in [0.25, 0.3) is 5.91 Å². The first-order valence-corrected chi connectivity index (χ1v) is 8.71. The van der Waals surface area contributed by atoms with E-state index in [0.29, 0.717) is 38.3 Å². The molecule has 5 heteroatoms. The number of para-hydroxylation sites is 1. The molecule has 1 heterocycles. The Bertz CT molecular complexity index is 576. The van der Waals surface area contributed by atoms with Gasteiger partial charge in [0, 0.05) is 13.1 Å². The number of hydrogen-bond donors (Lipinski definition) is 1. The molecule has 1 atom stereocenters. The van der Waals surface area contributed by atoms with Gasteiger partial charge in [0.2, 0.25) is 0 Å². The van der Waals surface area contributed by atoms with Crippen molar-refractivity contribution in [3.63, 3.8) is 0 Å². The van der Waals surface area contributed by atoms with E-state index in [0.717, 1.165) is 11.3 Å². The SMILES string of the molecule is CCC(Oc1ccccc1C(C)C)C(=O)N1CCC(C(=O)O)CC1. The molecule has 0 radical (unpaired) electrons. The van der Waals surface area contributed by atoms with E-state index in [2.05, 4.69) is 13.8 Å². The monoisotopic (exact) mass is 333 g/mol. The third-order valence-corrected chi connectivity index (χ3v) is 4.61. The highest BCUT2D eigenvalue weighted by atomic mass is 16.5. The van der Waals surface area contributed by atoms with E-state index in [-0.39, 0.29) is 11.8 Å². The molecule has 0 spiro atoms. The summed E-state index contributed by atoms with van der Waals surface area (Å²) in [6.07, 6.45) is 1.09.